The summed E-state index contributed by atoms with van der Waals surface area (Å²) >= 11 is 0. The van der Waals surface area contributed by atoms with Gasteiger partial charge in [-0.05, 0) is 60.4 Å². The first-order valence-corrected chi connectivity index (χ1v) is 10.6. The van der Waals surface area contributed by atoms with Gasteiger partial charge in [0.05, 0.1) is 0 Å². The zero-order valence-corrected chi connectivity index (χ0v) is 18.6. The van der Waals surface area contributed by atoms with Crippen molar-refractivity contribution in [1.82, 2.24) is 0 Å². The van der Waals surface area contributed by atoms with E-state index in [1.54, 1.807) is 0 Å². The Labute approximate surface area is 185 Å². The summed E-state index contributed by atoms with van der Waals surface area (Å²) in [5, 5.41) is 0. The number of ether oxygens (including phenoxy) is 1. The van der Waals surface area contributed by atoms with E-state index in [1.807, 2.05) is 24.3 Å². The lowest BCUT2D eigenvalue weighted by Gasteiger charge is -2.18. The fraction of sp³-hybridized carbons (Fsp3) is 0.138. The molecule has 1 heterocycles. The van der Waals surface area contributed by atoms with E-state index in [0.717, 1.165) is 22.7 Å². The van der Waals surface area contributed by atoms with Crippen LogP contribution in [-0.2, 0) is 4.74 Å². The van der Waals surface area contributed by atoms with Crippen molar-refractivity contribution < 1.29 is 9.31 Å². The molecule has 0 unspecified atom stereocenters. The standard InChI is InChI=1S/C29H28NO/c1-21-22(2)28(30(3)4)18-16-23(21)15-17-27-19-26(24-11-7-5-8-12-24)20-29(31-27)25-13-9-6-10-14-25/h5-20H,1-4H3/q+1. The first-order chi connectivity index (χ1) is 15.0. The Morgan fingerprint density at radius 1 is 0.710 bits per heavy atom. The van der Waals surface area contributed by atoms with E-state index in [-0.39, 0.29) is 0 Å². The van der Waals surface area contributed by atoms with E-state index >= 15 is 0 Å². The van der Waals surface area contributed by atoms with Gasteiger partial charge in [-0.15, -0.1) is 0 Å². The Morgan fingerprint density at radius 3 is 2.00 bits per heavy atom. The zero-order valence-electron chi connectivity index (χ0n) is 18.6. The lowest BCUT2D eigenvalue weighted by molar-refractivity contribution is -0.463. The molecule has 2 aromatic rings. The molecular weight excluding hydrogens is 378 g/mol. The van der Waals surface area contributed by atoms with Gasteiger partial charge in [0.25, 0.3) is 0 Å². The first kappa shape index (κ1) is 20.6. The fourth-order valence-corrected chi connectivity index (χ4v) is 3.81. The van der Waals surface area contributed by atoms with E-state index in [9.17, 15) is 0 Å². The van der Waals surface area contributed by atoms with Crippen molar-refractivity contribution in [2.24, 2.45) is 0 Å². The second-order valence-electron chi connectivity index (χ2n) is 8.00. The summed E-state index contributed by atoms with van der Waals surface area (Å²) in [7, 11) is 4.16. The Balaban J connectivity index is 1.73. The summed E-state index contributed by atoms with van der Waals surface area (Å²) in [6.45, 7) is 4.35. The minimum atomic E-state index is 0.828. The van der Waals surface area contributed by atoms with Crippen molar-refractivity contribution in [3.63, 3.8) is 0 Å². The highest BCUT2D eigenvalue weighted by molar-refractivity contribution is 6.07. The molecule has 1 aliphatic carbocycles. The van der Waals surface area contributed by atoms with Crippen LogP contribution < -0.4 is 0 Å². The van der Waals surface area contributed by atoms with Gasteiger partial charge in [-0.1, -0.05) is 66.7 Å². The van der Waals surface area contributed by atoms with Crippen molar-refractivity contribution in [3.05, 3.63) is 131 Å². The largest absolute Gasteiger partial charge is 0.457 e. The van der Waals surface area contributed by atoms with Crippen LogP contribution in [0.1, 0.15) is 25.0 Å². The van der Waals surface area contributed by atoms with Gasteiger partial charge in [-0.25, -0.2) is 4.58 Å². The van der Waals surface area contributed by atoms with Gasteiger partial charge in [0.1, 0.15) is 25.6 Å². The molecular formula is C29H28NO+. The van der Waals surface area contributed by atoms with Crippen LogP contribution >= 0.6 is 0 Å². The van der Waals surface area contributed by atoms with Crippen LogP contribution in [0.2, 0.25) is 0 Å². The highest BCUT2D eigenvalue weighted by Crippen LogP contribution is 2.32. The molecule has 2 heteroatoms. The number of hydrogen-bond acceptors (Lipinski definition) is 1. The van der Waals surface area contributed by atoms with Crippen molar-refractivity contribution in [2.75, 3.05) is 14.1 Å². The highest BCUT2D eigenvalue weighted by Gasteiger charge is 2.17. The molecule has 0 amide bonds. The molecule has 154 valence electrons. The van der Waals surface area contributed by atoms with Crippen LogP contribution in [0.25, 0.3) is 11.3 Å². The molecule has 0 bridgehead atoms. The predicted octanol–water partition coefficient (Wildman–Crippen LogP) is 6.57. The van der Waals surface area contributed by atoms with Crippen molar-refractivity contribution in [2.45, 2.75) is 13.8 Å². The van der Waals surface area contributed by atoms with Crippen LogP contribution in [-0.4, -0.2) is 24.4 Å². The molecule has 0 fully saturated rings. The van der Waals surface area contributed by atoms with Gasteiger partial charge in [0.2, 0.25) is 5.71 Å². The SMILES string of the molecule is CC1=C(C)C(=[N+](C)C)C=CC1=CC=C1C=C(c2ccccc2)C=C(c2ccccc2)O1. The third-order valence-electron chi connectivity index (χ3n) is 5.69. The average Bonchev–Trinajstić information content (AvgIpc) is 2.81. The number of allylic oxidation sites excluding steroid dienone is 10. The molecule has 0 aromatic heterocycles. The maximum Gasteiger partial charge on any atom is 0.202 e. The van der Waals surface area contributed by atoms with E-state index in [4.69, 9.17) is 4.74 Å². The zero-order chi connectivity index (χ0) is 21.8. The molecule has 0 spiro atoms. The number of nitrogens with zero attached hydrogens (tertiary/aromatic N) is 1. The van der Waals surface area contributed by atoms with Gasteiger partial charge >= 0.3 is 0 Å². The highest BCUT2D eigenvalue weighted by atomic mass is 16.5. The monoisotopic (exact) mass is 406 g/mol. The number of hydrogen-bond donors (Lipinski definition) is 0. The first-order valence-electron chi connectivity index (χ1n) is 10.6. The molecule has 2 aliphatic rings. The molecule has 0 saturated carbocycles. The van der Waals surface area contributed by atoms with Gasteiger partial charge in [0.15, 0.2) is 0 Å². The Bertz CT molecular complexity index is 1200. The van der Waals surface area contributed by atoms with Crippen LogP contribution in [0.5, 0.6) is 0 Å². The third kappa shape index (κ3) is 4.59. The minimum absolute atomic E-state index is 0.828. The molecule has 31 heavy (non-hydrogen) atoms. The predicted molar refractivity (Wildman–Crippen MR) is 131 cm³/mol. The minimum Gasteiger partial charge on any atom is -0.457 e. The third-order valence-corrected chi connectivity index (χ3v) is 5.69. The Kier molecular flexibility index (Phi) is 5.99. The van der Waals surface area contributed by atoms with Crippen LogP contribution in [0.3, 0.4) is 0 Å². The molecule has 2 aromatic carbocycles. The molecule has 1 aliphatic heterocycles. The van der Waals surface area contributed by atoms with Crippen LogP contribution in [0.4, 0.5) is 0 Å². The van der Waals surface area contributed by atoms with E-state index in [2.05, 4.69) is 105 Å². The van der Waals surface area contributed by atoms with Crippen molar-refractivity contribution >= 4 is 17.0 Å². The van der Waals surface area contributed by atoms with Crippen LogP contribution in [0.15, 0.2) is 120 Å². The summed E-state index contributed by atoms with van der Waals surface area (Å²) in [6, 6.07) is 20.7. The molecule has 0 saturated heterocycles. The topological polar surface area (TPSA) is 12.2 Å². The van der Waals surface area contributed by atoms with Gasteiger partial charge in [-0.2, -0.15) is 0 Å². The van der Waals surface area contributed by atoms with E-state index in [0.29, 0.717) is 0 Å². The summed E-state index contributed by atoms with van der Waals surface area (Å²) in [5.41, 5.74) is 8.41. The van der Waals surface area contributed by atoms with E-state index < -0.39 is 0 Å². The van der Waals surface area contributed by atoms with Gasteiger partial charge < -0.3 is 4.74 Å². The fourth-order valence-electron chi connectivity index (χ4n) is 3.81. The Hall–Kier alpha value is -3.65. The van der Waals surface area contributed by atoms with Crippen molar-refractivity contribution in [3.8, 4) is 0 Å². The number of rotatable bonds is 3. The van der Waals surface area contributed by atoms with Crippen LogP contribution in [0, 0.1) is 0 Å². The summed E-state index contributed by atoms with van der Waals surface area (Å²) < 4.78 is 8.44. The van der Waals surface area contributed by atoms with E-state index in [1.165, 1.54) is 28.0 Å². The smallest absolute Gasteiger partial charge is 0.202 e. The maximum atomic E-state index is 6.28. The normalized spacial score (nSPS) is 18.8. The van der Waals surface area contributed by atoms with Crippen molar-refractivity contribution in [1.29, 1.82) is 0 Å². The second-order valence-corrected chi connectivity index (χ2v) is 8.00. The lowest BCUT2D eigenvalue weighted by atomic mass is 9.92. The molecule has 4 rings (SSSR count). The Morgan fingerprint density at radius 2 is 1.35 bits per heavy atom. The quantitative estimate of drug-likeness (QED) is 0.525. The molecule has 0 atom stereocenters. The molecule has 0 N–H and O–H groups in total. The maximum absolute atomic E-state index is 6.28. The summed E-state index contributed by atoms with van der Waals surface area (Å²) in [6.07, 6.45) is 12.8. The average molecular weight is 407 g/mol. The molecule has 2 nitrogen and oxygen atoms in total. The van der Waals surface area contributed by atoms with Gasteiger partial charge in [0, 0.05) is 17.2 Å². The summed E-state index contributed by atoms with van der Waals surface area (Å²) in [5.74, 6) is 1.69. The summed E-state index contributed by atoms with van der Waals surface area (Å²) in [4.78, 5) is 0. The second kappa shape index (κ2) is 9.01. The lowest BCUT2D eigenvalue weighted by Crippen LogP contribution is -2.16. The number of benzene rings is 2. The molecule has 0 radical (unpaired) electrons. The van der Waals surface area contributed by atoms with Gasteiger partial charge in [-0.3, -0.25) is 0 Å².